The summed E-state index contributed by atoms with van der Waals surface area (Å²) in [5.41, 5.74) is -0.767. The fourth-order valence-electron chi connectivity index (χ4n) is 2.30. The summed E-state index contributed by atoms with van der Waals surface area (Å²) in [4.78, 5) is 14.5. The number of halogens is 4. The van der Waals surface area contributed by atoms with Gasteiger partial charge in [0.2, 0.25) is 5.88 Å². The van der Waals surface area contributed by atoms with Gasteiger partial charge in [-0.3, -0.25) is 0 Å². The summed E-state index contributed by atoms with van der Waals surface area (Å²) in [5.74, 6) is -1.25. The van der Waals surface area contributed by atoms with E-state index in [1.807, 2.05) is 13.8 Å². The molecule has 11 heteroatoms. The highest BCUT2D eigenvalue weighted by Crippen LogP contribution is 2.36. The summed E-state index contributed by atoms with van der Waals surface area (Å²) in [6.45, 7) is 3.60. The van der Waals surface area contributed by atoms with Crippen LogP contribution in [0.15, 0.2) is 36.5 Å². The largest absolute Gasteiger partial charge is 0.491 e. The average molecular weight is 476 g/mol. The predicted molar refractivity (Wildman–Crippen MR) is 110 cm³/mol. The maximum atomic E-state index is 12.8. The van der Waals surface area contributed by atoms with Crippen LogP contribution in [-0.4, -0.2) is 46.6 Å². The second-order valence-electron chi connectivity index (χ2n) is 6.83. The smallest absolute Gasteiger partial charge is 0.417 e. The Bertz CT molecular complexity index is 965. The number of hydrogen-bond donors (Lipinski definition) is 2. The van der Waals surface area contributed by atoms with Crippen molar-refractivity contribution in [1.82, 2.24) is 4.98 Å². The Labute approximate surface area is 187 Å². The van der Waals surface area contributed by atoms with Crippen LogP contribution in [0.4, 0.5) is 13.2 Å². The van der Waals surface area contributed by atoms with Crippen LogP contribution in [0.3, 0.4) is 0 Å². The SMILES string of the molecule is CC(C)OCC(O)COc1ccc(/C=C/C(=O)O)c(Oc2ncc(C(F)(F)F)cc2Cl)c1. The molecule has 174 valence electrons. The van der Waals surface area contributed by atoms with Gasteiger partial charge in [-0.05, 0) is 38.1 Å². The third kappa shape index (κ3) is 8.03. The zero-order chi connectivity index (χ0) is 23.9. The van der Waals surface area contributed by atoms with E-state index in [4.69, 9.17) is 30.9 Å². The number of carbonyl (C=O) groups is 1. The highest BCUT2D eigenvalue weighted by atomic mass is 35.5. The first kappa shape index (κ1) is 25.4. The second kappa shape index (κ2) is 11.2. The van der Waals surface area contributed by atoms with E-state index in [0.717, 1.165) is 6.08 Å². The van der Waals surface area contributed by atoms with Gasteiger partial charge in [-0.25, -0.2) is 9.78 Å². The zero-order valence-corrected chi connectivity index (χ0v) is 17.9. The lowest BCUT2D eigenvalue weighted by atomic mass is 10.1. The Balaban J connectivity index is 2.26. The Morgan fingerprint density at radius 3 is 2.56 bits per heavy atom. The summed E-state index contributed by atoms with van der Waals surface area (Å²) in [6.07, 6.45) is -2.94. The van der Waals surface area contributed by atoms with Crippen molar-refractivity contribution in [2.75, 3.05) is 13.2 Å². The number of ether oxygens (including phenoxy) is 3. The van der Waals surface area contributed by atoms with Crippen molar-refractivity contribution < 1.29 is 42.4 Å². The Hall–Kier alpha value is -2.82. The topological polar surface area (TPSA) is 98.1 Å². The average Bonchev–Trinajstić information content (AvgIpc) is 2.70. The number of aliphatic hydroxyl groups is 1. The van der Waals surface area contributed by atoms with Crippen molar-refractivity contribution in [3.63, 3.8) is 0 Å². The van der Waals surface area contributed by atoms with Gasteiger partial charge in [0, 0.05) is 23.9 Å². The molecule has 0 aliphatic heterocycles. The van der Waals surface area contributed by atoms with E-state index in [-0.39, 0.29) is 47.3 Å². The summed E-state index contributed by atoms with van der Waals surface area (Å²) in [7, 11) is 0. The van der Waals surface area contributed by atoms with Gasteiger partial charge in [-0.15, -0.1) is 0 Å². The summed E-state index contributed by atoms with van der Waals surface area (Å²) >= 11 is 5.89. The highest BCUT2D eigenvalue weighted by Gasteiger charge is 2.32. The van der Waals surface area contributed by atoms with Gasteiger partial charge in [0.15, 0.2) is 0 Å². The third-order valence-electron chi connectivity index (χ3n) is 3.80. The normalized spacial score (nSPS) is 12.9. The molecule has 0 saturated carbocycles. The van der Waals surface area contributed by atoms with Crippen molar-refractivity contribution in [1.29, 1.82) is 0 Å². The van der Waals surface area contributed by atoms with Gasteiger partial charge in [-0.1, -0.05) is 11.6 Å². The molecule has 0 aliphatic carbocycles. The minimum atomic E-state index is -4.63. The zero-order valence-electron chi connectivity index (χ0n) is 17.1. The molecule has 32 heavy (non-hydrogen) atoms. The molecule has 0 spiro atoms. The first-order valence-corrected chi connectivity index (χ1v) is 9.71. The molecule has 0 amide bonds. The molecule has 2 N–H and O–H groups in total. The van der Waals surface area contributed by atoms with Crippen LogP contribution in [0.5, 0.6) is 17.4 Å². The van der Waals surface area contributed by atoms with Gasteiger partial charge in [0.1, 0.15) is 29.2 Å². The number of alkyl halides is 3. The molecule has 1 aromatic carbocycles. The lowest BCUT2D eigenvalue weighted by Crippen LogP contribution is -2.25. The number of aliphatic carboxylic acids is 1. The number of pyridine rings is 1. The molecule has 1 aromatic heterocycles. The van der Waals surface area contributed by atoms with Crippen LogP contribution in [0, 0.1) is 0 Å². The lowest BCUT2D eigenvalue weighted by Gasteiger charge is -2.16. The van der Waals surface area contributed by atoms with Gasteiger partial charge in [-0.2, -0.15) is 13.2 Å². The number of aromatic nitrogens is 1. The minimum Gasteiger partial charge on any atom is -0.491 e. The van der Waals surface area contributed by atoms with Crippen molar-refractivity contribution in [3.8, 4) is 17.4 Å². The van der Waals surface area contributed by atoms with E-state index in [9.17, 15) is 23.1 Å². The van der Waals surface area contributed by atoms with Gasteiger partial charge in [0.25, 0.3) is 0 Å². The van der Waals surface area contributed by atoms with E-state index in [1.165, 1.54) is 24.3 Å². The Kier molecular flexibility index (Phi) is 8.88. The molecule has 0 saturated heterocycles. The summed E-state index contributed by atoms with van der Waals surface area (Å²) in [6, 6.07) is 5.01. The molecule has 1 unspecified atom stereocenters. The fraction of sp³-hybridized carbons (Fsp3) is 0.333. The van der Waals surface area contributed by atoms with Crippen LogP contribution in [0.1, 0.15) is 25.0 Å². The standard InChI is InChI=1S/C21H21ClF3NO6/c1-12(2)30-10-15(27)11-31-16-5-3-13(4-6-19(28)29)18(8-16)32-20-17(22)7-14(9-26-20)21(23,24)25/h3-9,12,15,27H,10-11H2,1-2H3,(H,28,29)/b6-4+. The summed E-state index contributed by atoms with van der Waals surface area (Å²) in [5, 5.41) is 18.4. The molecule has 0 radical (unpaired) electrons. The lowest BCUT2D eigenvalue weighted by molar-refractivity contribution is -0.138. The molecule has 0 aliphatic rings. The molecule has 7 nitrogen and oxygen atoms in total. The van der Waals surface area contributed by atoms with Gasteiger partial charge in [0.05, 0.1) is 18.3 Å². The number of nitrogens with zero attached hydrogens (tertiary/aromatic N) is 1. The number of benzene rings is 1. The van der Waals surface area contributed by atoms with E-state index >= 15 is 0 Å². The van der Waals surface area contributed by atoms with Crippen LogP contribution >= 0.6 is 11.6 Å². The molecule has 1 atom stereocenters. The van der Waals surface area contributed by atoms with E-state index in [0.29, 0.717) is 12.3 Å². The molecule has 0 fully saturated rings. The maximum absolute atomic E-state index is 12.8. The minimum absolute atomic E-state index is 0.0297. The number of carboxylic acid groups (broad SMARTS) is 1. The first-order valence-electron chi connectivity index (χ1n) is 9.34. The van der Waals surface area contributed by atoms with Crippen molar-refractivity contribution in [2.24, 2.45) is 0 Å². The van der Waals surface area contributed by atoms with E-state index < -0.39 is 23.8 Å². The van der Waals surface area contributed by atoms with E-state index in [1.54, 1.807) is 0 Å². The molecule has 2 rings (SSSR count). The highest BCUT2D eigenvalue weighted by molar-refractivity contribution is 6.31. The molecule has 1 heterocycles. The van der Waals surface area contributed by atoms with Crippen molar-refractivity contribution in [3.05, 3.63) is 52.7 Å². The third-order valence-corrected chi connectivity index (χ3v) is 4.07. The number of hydrogen-bond acceptors (Lipinski definition) is 6. The molecular formula is C21H21ClF3NO6. The van der Waals surface area contributed by atoms with Crippen LogP contribution in [0.2, 0.25) is 5.02 Å². The second-order valence-corrected chi connectivity index (χ2v) is 7.24. The maximum Gasteiger partial charge on any atom is 0.417 e. The predicted octanol–water partition coefficient (Wildman–Crippen LogP) is 4.81. The fourth-order valence-corrected chi connectivity index (χ4v) is 2.50. The quantitative estimate of drug-likeness (QED) is 0.476. The summed E-state index contributed by atoms with van der Waals surface area (Å²) < 4.78 is 54.8. The number of rotatable bonds is 10. The number of carboxylic acids is 1. The van der Waals surface area contributed by atoms with E-state index in [2.05, 4.69) is 4.98 Å². The Morgan fingerprint density at radius 1 is 1.25 bits per heavy atom. The van der Waals surface area contributed by atoms with Crippen LogP contribution < -0.4 is 9.47 Å². The van der Waals surface area contributed by atoms with Crippen LogP contribution in [-0.2, 0) is 15.7 Å². The van der Waals surface area contributed by atoms with Gasteiger partial charge >= 0.3 is 12.1 Å². The van der Waals surface area contributed by atoms with Crippen molar-refractivity contribution >= 4 is 23.6 Å². The number of aliphatic hydroxyl groups excluding tert-OH is 1. The Morgan fingerprint density at radius 2 is 1.97 bits per heavy atom. The molecule has 2 aromatic rings. The van der Waals surface area contributed by atoms with Crippen LogP contribution in [0.25, 0.3) is 6.08 Å². The molecular weight excluding hydrogens is 455 g/mol. The monoisotopic (exact) mass is 475 g/mol. The molecule has 0 bridgehead atoms. The van der Waals surface area contributed by atoms with Crippen molar-refractivity contribution in [2.45, 2.75) is 32.2 Å². The first-order chi connectivity index (χ1) is 15.0. The van der Waals surface area contributed by atoms with Gasteiger partial charge < -0.3 is 24.4 Å².